The fraction of sp³-hybridized carbons (Fsp3) is 0.0769. The molecule has 0 aliphatic carbocycles. The normalized spacial score (nSPS) is 10.2. The number of aromatic nitrogens is 1. The lowest BCUT2D eigenvalue weighted by Crippen LogP contribution is -2.12. The van der Waals surface area contributed by atoms with E-state index < -0.39 is 0 Å². The molecule has 1 heterocycles. The molecule has 1 N–H and O–H groups in total. The highest BCUT2D eigenvalue weighted by molar-refractivity contribution is 14.1. The molecule has 0 radical (unpaired) electrons. The van der Waals surface area contributed by atoms with Gasteiger partial charge < -0.3 is 5.32 Å². The molecule has 0 saturated heterocycles. The average molecular weight is 373 g/mol. The number of benzene rings is 1. The van der Waals surface area contributed by atoms with E-state index in [1.165, 1.54) is 0 Å². The molecule has 0 fully saturated rings. The van der Waals surface area contributed by atoms with E-state index in [0.29, 0.717) is 16.3 Å². The molecule has 18 heavy (non-hydrogen) atoms. The van der Waals surface area contributed by atoms with Gasteiger partial charge in [0.1, 0.15) is 0 Å². The van der Waals surface area contributed by atoms with Crippen molar-refractivity contribution in [1.29, 1.82) is 0 Å². The van der Waals surface area contributed by atoms with Crippen molar-refractivity contribution in [1.82, 2.24) is 4.98 Å². The van der Waals surface area contributed by atoms with Gasteiger partial charge in [-0.2, -0.15) is 0 Å². The van der Waals surface area contributed by atoms with Crippen LogP contribution in [0.4, 0.5) is 5.69 Å². The van der Waals surface area contributed by atoms with Crippen molar-refractivity contribution < 1.29 is 4.79 Å². The summed E-state index contributed by atoms with van der Waals surface area (Å²) in [6.45, 7) is 1.89. The van der Waals surface area contributed by atoms with Gasteiger partial charge in [-0.25, -0.2) is 0 Å². The summed E-state index contributed by atoms with van der Waals surface area (Å²) in [6.07, 6.45) is 1.63. The van der Waals surface area contributed by atoms with Crippen LogP contribution in [-0.4, -0.2) is 10.9 Å². The minimum atomic E-state index is -0.195. The van der Waals surface area contributed by atoms with Crippen LogP contribution in [0.1, 0.15) is 16.1 Å². The summed E-state index contributed by atoms with van der Waals surface area (Å²) in [5, 5.41) is 3.34. The lowest BCUT2D eigenvalue weighted by atomic mass is 10.2. The molecular formula is C13H10ClIN2O. The Labute approximate surface area is 124 Å². The van der Waals surface area contributed by atoms with E-state index in [9.17, 15) is 4.79 Å². The Hall–Kier alpha value is -1.14. The van der Waals surface area contributed by atoms with Crippen LogP contribution in [0.25, 0.3) is 0 Å². The van der Waals surface area contributed by atoms with E-state index in [1.807, 2.05) is 25.1 Å². The second-order valence-corrected chi connectivity index (χ2v) is 5.34. The number of hydrogen-bond acceptors (Lipinski definition) is 2. The van der Waals surface area contributed by atoms with Gasteiger partial charge >= 0.3 is 0 Å². The Bertz CT molecular complexity index is 584. The molecule has 92 valence electrons. The van der Waals surface area contributed by atoms with E-state index in [2.05, 4.69) is 32.9 Å². The fourth-order valence-corrected chi connectivity index (χ4v) is 1.90. The summed E-state index contributed by atoms with van der Waals surface area (Å²) < 4.78 is 0.919. The van der Waals surface area contributed by atoms with Crippen LogP contribution < -0.4 is 5.32 Å². The molecule has 0 atom stereocenters. The number of hydrogen-bond donors (Lipinski definition) is 1. The first kappa shape index (κ1) is 13.3. The minimum absolute atomic E-state index is 0.195. The molecule has 1 aromatic carbocycles. The molecule has 0 spiro atoms. The van der Waals surface area contributed by atoms with Gasteiger partial charge in [0.25, 0.3) is 5.91 Å². The van der Waals surface area contributed by atoms with Crippen LogP contribution in [0.15, 0.2) is 36.5 Å². The number of pyridine rings is 1. The van der Waals surface area contributed by atoms with Crippen LogP contribution in [-0.2, 0) is 0 Å². The number of rotatable bonds is 2. The van der Waals surface area contributed by atoms with Crippen molar-refractivity contribution in [3.05, 3.63) is 56.4 Å². The van der Waals surface area contributed by atoms with Crippen LogP contribution in [0.5, 0.6) is 0 Å². The maximum atomic E-state index is 12.0. The van der Waals surface area contributed by atoms with Gasteiger partial charge in [-0.05, 0) is 59.8 Å². The summed E-state index contributed by atoms with van der Waals surface area (Å²) in [5.41, 5.74) is 2.10. The van der Waals surface area contributed by atoms with Crippen LogP contribution in [0.3, 0.4) is 0 Å². The molecule has 2 rings (SSSR count). The van der Waals surface area contributed by atoms with Gasteiger partial charge in [0.15, 0.2) is 0 Å². The maximum absolute atomic E-state index is 12.0. The molecule has 0 aliphatic rings. The quantitative estimate of drug-likeness (QED) is 0.813. The first-order valence-corrected chi connectivity index (χ1v) is 6.71. The van der Waals surface area contributed by atoms with Crippen molar-refractivity contribution >= 4 is 45.8 Å². The molecular weight excluding hydrogens is 363 g/mol. The third-order valence-corrected chi connectivity index (χ3v) is 3.92. The predicted octanol–water partition coefficient (Wildman–Crippen LogP) is 3.90. The molecule has 2 aromatic rings. The molecule has 5 heteroatoms. The molecule has 1 amide bonds. The van der Waals surface area contributed by atoms with Gasteiger partial charge in [-0.15, -0.1) is 0 Å². The largest absolute Gasteiger partial charge is 0.321 e. The Morgan fingerprint density at radius 1 is 1.33 bits per heavy atom. The van der Waals surface area contributed by atoms with E-state index >= 15 is 0 Å². The van der Waals surface area contributed by atoms with Gasteiger partial charge in [-0.1, -0.05) is 11.6 Å². The van der Waals surface area contributed by atoms with Crippen molar-refractivity contribution in [3.63, 3.8) is 0 Å². The van der Waals surface area contributed by atoms with Crippen molar-refractivity contribution in [3.8, 4) is 0 Å². The number of carbonyl (C=O) groups is 1. The Balaban J connectivity index is 2.16. The first-order valence-electron chi connectivity index (χ1n) is 5.25. The fourth-order valence-electron chi connectivity index (χ4n) is 1.38. The zero-order valence-corrected chi connectivity index (χ0v) is 12.5. The van der Waals surface area contributed by atoms with E-state index in [0.717, 1.165) is 9.26 Å². The zero-order chi connectivity index (χ0) is 13.1. The second-order valence-electron chi connectivity index (χ2n) is 3.77. The monoisotopic (exact) mass is 372 g/mol. The van der Waals surface area contributed by atoms with Crippen molar-refractivity contribution in [2.24, 2.45) is 0 Å². The SMILES string of the molecule is Cc1ccc(NC(=O)c2ccc(I)c(Cl)c2)cn1. The number of halogens is 2. The van der Waals surface area contributed by atoms with E-state index in [4.69, 9.17) is 11.6 Å². The Morgan fingerprint density at radius 2 is 2.11 bits per heavy atom. The number of nitrogens with one attached hydrogen (secondary N) is 1. The highest BCUT2D eigenvalue weighted by atomic mass is 127. The number of nitrogens with zero attached hydrogens (tertiary/aromatic N) is 1. The summed E-state index contributed by atoms with van der Waals surface area (Å²) in [7, 11) is 0. The number of amides is 1. The third-order valence-electron chi connectivity index (χ3n) is 2.35. The van der Waals surface area contributed by atoms with Crippen LogP contribution in [0, 0.1) is 10.5 Å². The van der Waals surface area contributed by atoms with Crippen LogP contribution >= 0.6 is 34.2 Å². The highest BCUT2D eigenvalue weighted by Gasteiger charge is 2.08. The van der Waals surface area contributed by atoms with Crippen LogP contribution in [0.2, 0.25) is 5.02 Å². The number of aryl methyl sites for hydroxylation is 1. The third kappa shape index (κ3) is 3.20. The molecule has 1 aromatic heterocycles. The summed E-state index contributed by atoms with van der Waals surface area (Å²) >= 11 is 8.10. The van der Waals surface area contributed by atoms with Gasteiger partial charge in [0.2, 0.25) is 0 Å². The smallest absolute Gasteiger partial charge is 0.255 e. The van der Waals surface area contributed by atoms with Gasteiger partial charge in [0.05, 0.1) is 16.9 Å². The first-order chi connectivity index (χ1) is 8.56. The van der Waals surface area contributed by atoms with E-state index in [-0.39, 0.29) is 5.91 Å². The molecule has 0 bridgehead atoms. The molecule has 0 saturated carbocycles. The number of anilines is 1. The lowest BCUT2D eigenvalue weighted by Gasteiger charge is -2.06. The highest BCUT2D eigenvalue weighted by Crippen LogP contribution is 2.20. The summed E-state index contributed by atoms with van der Waals surface area (Å²) in [6, 6.07) is 8.86. The molecule has 0 unspecified atom stereocenters. The van der Waals surface area contributed by atoms with Gasteiger partial charge in [-0.3, -0.25) is 9.78 Å². The standard InChI is InChI=1S/C13H10ClIN2O/c1-8-2-4-10(7-16-8)17-13(18)9-3-5-12(15)11(14)6-9/h2-7H,1H3,(H,17,18). The lowest BCUT2D eigenvalue weighted by molar-refractivity contribution is 0.102. The minimum Gasteiger partial charge on any atom is -0.321 e. The number of carbonyl (C=O) groups excluding carboxylic acids is 1. The average Bonchev–Trinajstić information content (AvgIpc) is 2.35. The van der Waals surface area contributed by atoms with Gasteiger partial charge in [0, 0.05) is 14.8 Å². The summed E-state index contributed by atoms with van der Waals surface area (Å²) in [5.74, 6) is -0.195. The Morgan fingerprint density at radius 3 is 2.72 bits per heavy atom. The topological polar surface area (TPSA) is 42.0 Å². The zero-order valence-electron chi connectivity index (χ0n) is 9.58. The van der Waals surface area contributed by atoms with E-state index in [1.54, 1.807) is 18.3 Å². The molecule has 3 nitrogen and oxygen atoms in total. The molecule has 0 aliphatic heterocycles. The predicted molar refractivity (Wildman–Crippen MR) is 81.1 cm³/mol. The van der Waals surface area contributed by atoms with Crippen molar-refractivity contribution in [2.75, 3.05) is 5.32 Å². The Kier molecular flexibility index (Phi) is 4.19. The second kappa shape index (κ2) is 5.67. The van der Waals surface area contributed by atoms with Crippen molar-refractivity contribution in [2.45, 2.75) is 6.92 Å². The maximum Gasteiger partial charge on any atom is 0.255 e. The summed E-state index contributed by atoms with van der Waals surface area (Å²) in [4.78, 5) is 16.1.